The van der Waals surface area contributed by atoms with Gasteiger partial charge in [-0.3, -0.25) is 4.79 Å². The van der Waals surface area contributed by atoms with Gasteiger partial charge in [0.1, 0.15) is 0 Å². The number of nitrogens with two attached hydrogens (primary N) is 1. The van der Waals surface area contributed by atoms with Crippen molar-refractivity contribution in [2.24, 2.45) is 11.7 Å². The minimum atomic E-state index is -3.67. The summed E-state index contributed by atoms with van der Waals surface area (Å²) in [6.07, 6.45) is -2.90. The van der Waals surface area contributed by atoms with Crippen LogP contribution in [0, 0.1) is 5.92 Å². The maximum atomic E-state index is 12.9. The van der Waals surface area contributed by atoms with Gasteiger partial charge >= 0.3 is 6.29 Å². The number of benzene rings is 1. The van der Waals surface area contributed by atoms with Gasteiger partial charge in [0.15, 0.2) is 11.5 Å². The number of carbonyl (C=O) groups is 1. The Hall–Kier alpha value is -1.60. The second-order valence-corrected chi connectivity index (χ2v) is 4.73. The molecule has 8 heteroatoms. The highest BCUT2D eigenvalue weighted by Crippen LogP contribution is 2.42. The zero-order valence-corrected chi connectivity index (χ0v) is 12.4. The maximum Gasteiger partial charge on any atom is 0.586 e. The van der Waals surface area contributed by atoms with Gasteiger partial charge in [-0.25, -0.2) is 0 Å². The Kier molecular flexibility index (Phi) is 5.36. The van der Waals surface area contributed by atoms with Crippen LogP contribution in [0.1, 0.15) is 20.3 Å². The van der Waals surface area contributed by atoms with Crippen molar-refractivity contribution in [3.05, 3.63) is 18.2 Å². The summed E-state index contributed by atoms with van der Waals surface area (Å²) in [5, 5.41) is 2.57. The Labute approximate surface area is 127 Å². The molecule has 5 nitrogen and oxygen atoms in total. The summed E-state index contributed by atoms with van der Waals surface area (Å²) in [5.41, 5.74) is 6.11. The van der Waals surface area contributed by atoms with E-state index in [0.717, 1.165) is 6.42 Å². The number of anilines is 1. The molecular formula is C13H17ClF2N2O3. The van der Waals surface area contributed by atoms with Crippen LogP contribution >= 0.6 is 12.4 Å². The quantitative estimate of drug-likeness (QED) is 0.894. The highest BCUT2D eigenvalue weighted by atomic mass is 35.5. The van der Waals surface area contributed by atoms with Crippen molar-refractivity contribution in [3.63, 3.8) is 0 Å². The molecule has 1 aromatic rings. The fourth-order valence-corrected chi connectivity index (χ4v) is 1.76. The lowest BCUT2D eigenvalue weighted by Crippen LogP contribution is -2.40. The van der Waals surface area contributed by atoms with E-state index in [1.54, 1.807) is 0 Å². The number of hydrogen-bond acceptors (Lipinski definition) is 4. The van der Waals surface area contributed by atoms with Crippen molar-refractivity contribution in [2.45, 2.75) is 32.6 Å². The first-order chi connectivity index (χ1) is 9.32. The van der Waals surface area contributed by atoms with E-state index in [0.29, 0.717) is 5.69 Å². The van der Waals surface area contributed by atoms with Crippen molar-refractivity contribution in [1.82, 2.24) is 0 Å². The predicted molar refractivity (Wildman–Crippen MR) is 76.0 cm³/mol. The number of nitrogens with one attached hydrogen (secondary N) is 1. The van der Waals surface area contributed by atoms with Gasteiger partial charge in [0.2, 0.25) is 5.91 Å². The van der Waals surface area contributed by atoms with Gasteiger partial charge in [0, 0.05) is 11.8 Å². The molecule has 1 amide bonds. The van der Waals surface area contributed by atoms with Crippen LogP contribution in [0.2, 0.25) is 0 Å². The third-order valence-electron chi connectivity index (χ3n) is 3.23. The fourth-order valence-electron chi connectivity index (χ4n) is 1.76. The minimum Gasteiger partial charge on any atom is -0.395 e. The monoisotopic (exact) mass is 322 g/mol. The van der Waals surface area contributed by atoms with E-state index in [1.165, 1.54) is 18.2 Å². The molecule has 21 heavy (non-hydrogen) atoms. The van der Waals surface area contributed by atoms with Crippen molar-refractivity contribution in [1.29, 1.82) is 0 Å². The van der Waals surface area contributed by atoms with E-state index in [4.69, 9.17) is 5.73 Å². The van der Waals surface area contributed by atoms with E-state index in [1.807, 2.05) is 13.8 Å². The van der Waals surface area contributed by atoms with Crippen molar-refractivity contribution in [3.8, 4) is 11.5 Å². The lowest BCUT2D eigenvalue weighted by molar-refractivity contribution is -0.286. The van der Waals surface area contributed by atoms with Crippen molar-refractivity contribution < 1.29 is 23.0 Å². The Bertz CT molecular complexity index is 528. The molecule has 2 atom stereocenters. The van der Waals surface area contributed by atoms with Gasteiger partial charge in [-0.2, -0.15) is 0 Å². The topological polar surface area (TPSA) is 73.6 Å². The molecule has 0 spiro atoms. The average molecular weight is 323 g/mol. The van der Waals surface area contributed by atoms with Gasteiger partial charge in [-0.1, -0.05) is 20.3 Å². The normalized spacial score (nSPS) is 17.6. The fraction of sp³-hybridized carbons (Fsp3) is 0.462. The SMILES string of the molecule is CCC(C)C(N)C(=O)Nc1ccc2c(c1)OC(F)(F)O2.Cl. The molecule has 118 valence electrons. The molecule has 2 rings (SSSR count). The molecule has 0 aliphatic carbocycles. The summed E-state index contributed by atoms with van der Waals surface area (Å²) in [4.78, 5) is 11.9. The first-order valence-corrected chi connectivity index (χ1v) is 6.28. The van der Waals surface area contributed by atoms with Gasteiger partial charge in [0.25, 0.3) is 0 Å². The first-order valence-electron chi connectivity index (χ1n) is 6.28. The highest BCUT2D eigenvalue weighted by Gasteiger charge is 2.43. The van der Waals surface area contributed by atoms with E-state index in [9.17, 15) is 13.6 Å². The van der Waals surface area contributed by atoms with Crippen LogP contribution in [0.5, 0.6) is 11.5 Å². The molecular weight excluding hydrogens is 306 g/mol. The number of carbonyl (C=O) groups excluding carboxylic acids is 1. The molecule has 0 saturated heterocycles. The average Bonchev–Trinajstić information content (AvgIpc) is 2.69. The molecule has 0 saturated carbocycles. The maximum absolute atomic E-state index is 12.9. The molecule has 0 bridgehead atoms. The Morgan fingerprint density at radius 1 is 1.38 bits per heavy atom. The minimum absolute atomic E-state index is 0. The summed E-state index contributed by atoms with van der Waals surface area (Å²) in [7, 11) is 0. The second-order valence-electron chi connectivity index (χ2n) is 4.73. The second kappa shape index (κ2) is 6.44. The zero-order chi connectivity index (χ0) is 14.9. The molecule has 0 radical (unpaired) electrons. The molecule has 0 aromatic heterocycles. The van der Waals surface area contributed by atoms with Crippen LogP contribution in [0.4, 0.5) is 14.5 Å². The molecule has 3 N–H and O–H groups in total. The van der Waals surface area contributed by atoms with Crippen LogP contribution in [-0.2, 0) is 4.79 Å². The zero-order valence-electron chi connectivity index (χ0n) is 11.6. The Balaban J connectivity index is 0.00000220. The van der Waals surface area contributed by atoms with Crippen LogP contribution in [0.15, 0.2) is 18.2 Å². The first kappa shape index (κ1) is 17.5. The number of alkyl halides is 2. The molecule has 2 unspecified atom stereocenters. The lowest BCUT2D eigenvalue weighted by Gasteiger charge is -2.17. The van der Waals surface area contributed by atoms with Crippen molar-refractivity contribution in [2.75, 3.05) is 5.32 Å². The Morgan fingerprint density at radius 3 is 2.62 bits per heavy atom. The third kappa shape index (κ3) is 3.95. The summed E-state index contributed by atoms with van der Waals surface area (Å²) in [6.45, 7) is 3.80. The van der Waals surface area contributed by atoms with Gasteiger partial charge in [0.05, 0.1) is 6.04 Å². The highest BCUT2D eigenvalue weighted by molar-refractivity contribution is 5.95. The predicted octanol–water partition coefficient (Wildman–Crippen LogP) is 2.74. The number of hydrogen-bond donors (Lipinski definition) is 2. The summed E-state index contributed by atoms with van der Waals surface area (Å²) in [5.74, 6) is -0.539. The van der Waals surface area contributed by atoms with Crippen LogP contribution in [0.25, 0.3) is 0 Å². The molecule has 1 aromatic carbocycles. The van der Waals surface area contributed by atoms with Gasteiger partial charge in [-0.05, 0) is 18.1 Å². The van der Waals surface area contributed by atoms with Crippen LogP contribution in [-0.4, -0.2) is 18.2 Å². The molecule has 1 aliphatic rings. The number of amides is 1. The number of halogens is 3. The molecule has 1 aliphatic heterocycles. The van der Waals surface area contributed by atoms with Crippen LogP contribution < -0.4 is 20.5 Å². The smallest absolute Gasteiger partial charge is 0.395 e. The number of ether oxygens (including phenoxy) is 2. The van der Waals surface area contributed by atoms with Crippen LogP contribution in [0.3, 0.4) is 0 Å². The Morgan fingerprint density at radius 2 is 2.00 bits per heavy atom. The summed E-state index contributed by atoms with van der Waals surface area (Å²) < 4.78 is 34.3. The van der Waals surface area contributed by atoms with Gasteiger partial charge < -0.3 is 20.5 Å². The van der Waals surface area contributed by atoms with E-state index < -0.39 is 12.3 Å². The summed E-state index contributed by atoms with van der Waals surface area (Å²) >= 11 is 0. The standard InChI is InChI=1S/C13H16F2N2O3.ClH/c1-3-7(2)11(16)12(18)17-8-4-5-9-10(6-8)20-13(14,15)19-9;/h4-7,11H,3,16H2,1-2H3,(H,17,18);1H. The largest absolute Gasteiger partial charge is 0.586 e. The summed E-state index contributed by atoms with van der Waals surface area (Å²) in [6, 6.07) is 3.37. The molecule has 0 fully saturated rings. The van der Waals surface area contributed by atoms with E-state index in [-0.39, 0.29) is 35.7 Å². The lowest BCUT2D eigenvalue weighted by atomic mass is 9.99. The molecule has 1 heterocycles. The third-order valence-corrected chi connectivity index (χ3v) is 3.23. The van der Waals surface area contributed by atoms with E-state index >= 15 is 0 Å². The number of rotatable bonds is 4. The number of fused-ring (bicyclic) bond motifs is 1. The van der Waals surface area contributed by atoms with Gasteiger partial charge in [-0.15, -0.1) is 21.2 Å². The van der Waals surface area contributed by atoms with Crippen molar-refractivity contribution >= 4 is 24.0 Å². The van der Waals surface area contributed by atoms with E-state index in [2.05, 4.69) is 14.8 Å².